The molecule has 0 atom stereocenters. The van der Waals surface area contributed by atoms with Crippen LogP contribution < -0.4 is 0 Å². The van der Waals surface area contributed by atoms with Crippen molar-refractivity contribution < 1.29 is 9.59 Å². The molecule has 1 aliphatic rings. The van der Waals surface area contributed by atoms with Gasteiger partial charge in [0.25, 0.3) is 5.91 Å². The molecule has 0 bridgehead atoms. The number of benzene rings is 4. The third-order valence-electron chi connectivity index (χ3n) is 7.49. The fraction of sp³-hybridized carbons (Fsp3) is 0.273. The van der Waals surface area contributed by atoms with Crippen molar-refractivity contribution in [3.63, 3.8) is 0 Å². The van der Waals surface area contributed by atoms with Gasteiger partial charge in [0.05, 0.1) is 0 Å². The van der Waals surface area contributed by atoms with Crippen LogP contribution in [-0.2, 0) is 17.6 Å². The number of piperidine rings is 1. The summed E-state index contributed by atoms with van der Waals surface area (Å²) in [5.74, 6) is 0.250. The van der Waals surface area contributed by atoms with Crippen molar-refractivity contribution in [3.8, 4) is 0 Å². The van der Waals surface area contributed by atoms with Crippen LogP contribution in [-0.4, -0.2) is 47.8 Å². The molecule has 0 N–H and O–H groups in total. The van der Waals surface area contributed by atoms with Gasteiger partial charge in [0.2, 0.25) is 5.91 Å². The van der Waals surface area contributed by atoms with Gasteiger partial charge < -0.3 is 9.80 Å². The number of fused-ring (bicyclic) bond motifs is 1. The van der Waals surface area contributed by atoms with Gasteiger partial charge in [-0.25, -0.2) is 0 Å². The lowest BCUT2D eigenvalue weighted by atomic mass is 9.93. The van der Waals surface area contributed by atoms with Gasteiger partial charge in [-0.2, -0.15) is 0 Å². The van der Waals surface area contributed by atoms with E-state index in [1.54, 1.807) is 0 Å². The SMILES string of the molecule is O=C(c1cccc2ccccc12)N1CCC(C(=O)N(CCc2ccccc2)CCc2ccccc2)CC1. The first-order valence-electron chi connectivity index (χ1n) is 13.3. The van der Waals surface area contributed by atoms with Gasteiger partial charge in [0.1, 0.15) is 0 Å². The van der Waals surface area contributed by atoms with Gasteiger partial charge in [-0.1, -0.05) is 97.1 Å². The van der Waals surface area contributed by atoms with Crippen molar-refractivity contribution >= 4 is 22.6 Å². The van der Waals surface area contributed by atoms with E-state index < -0.39 is 0 Å². The number of hydrogen-bond donors (Lipinski definition) is 0. The summed E-state index contributed by atoms with van der Waals surface area (Å²) in [5, 5.41) is 2.06. The fourth-order valence-electron chi connectivity index (χ4n) is 5.32. The average Bonchev–Trinajstić information content (AvgIpc) is 2.97. The van der Waals surface area contributed by atoms with Crippen LogP contribution in [0.4, 0.5) is 0 Å². The average molecular weight is 491 g/mol. The first-order valence-corrected chi connectivity index (χ1v) is 13.3. The van der Waals surface area contributed by atoms with Gasteiger partial charge in [0, 0.05) is 37.7 Å². The highest BCUT2D eigenvalue weighted by atomic mass is 16.2. The second kappa shape index (κ2) is 11.9. The van der Waals surface area contributed by atoms with Gasteiger partial charge in [-0.05, 0) is 53.6 Å². The van der Waals surface area contributed by atoms with E-state index in [4.69, 9.17) is 0 Å². The predicted octanol–water partition coefficient (Wildman–Crippen LogP) is 6.01. The summed E-state index contributed by atoms with van der Waals surface area (Å²) >= 11 is 0. The maximum Gasteiger partial charge on any atom is 0.254 e. The van der Waals surface area contributed by atoms with Gasteiger partial charge in [-0.15, -0.1) is 0 Å². The highest BCUT2D eigenvalue weighted by Gasteiger charge is 2.31. The van der Waals surface area contributed by atoms with E-state index >= 15 is 0 Å². The van der Waals surface area contributed by atoms with Crippen molar-refractivity contribution in [2.45, 2.75) is 25.7 Å². The molecule has 5 rings (SSSR count). The summed E-state index contributed by atoms with van der Waals surface area (Å²) in [6.45, 7) is 2.66. The Morgan fingerprint density at radius 2 is 1.22 bits per heavy atom. The molecule has 4 heteroatoms. The van der Waals surface area contributed by atoms with E-state index in [0.29, 0.717) is 39.0 Å². The van der Waals surface area contributed by atoms with E-state index in [0.717, 1.165) is 29.2 Å². The Labute approximate surface area is 219 Å². The molecule has 0 unspecified atom stereocenters. The Kier molecular flexibility index (Phi) is 7.95. The maximum absolute atomic E-state index is 13.7. The lowest BCUT2D eigenvalue weighted by Crippen LogP contribution is -2.45. The van der Waals surface area contributed by atoms with Crippen LogP contribution in [0.2, 0.25) is 0 Å². The van der Waals surface area contributed by atoms with Crippen molar-refractivity contribution in [1.82, 2.24) is 9.80 Å². The zero-order valence-electron chi connectivity index (χ0n) is 21.3. The van der Waals surface area contributed by atoms with Crippen LogP contribution in [0.5, 0.6) is 0 Å². The van der Waals surface area contributed by atoms with Crippen LogP contribution in [0.25, 0.3) is 10.8 Å². The number of carbonyl (C=O) groups excluding carboxylic acids is 2. The molecular formula is C33H34N2O2. The summed E-state index contributed by atoms with van der Waals surface area (Å²) in [7, 11) is 0. The molecule has 37 heavy (non-hydrogen) atoms. The standard InChI is InChI=1S/C33H34N2O2/c36-32(34(22-18-26-10-3-1-4-11-26)23-19-27-12-5-2-6-13-27)29-20-24-35(25-21-29)33(37)31-17-9-15-28-14-7-8-16-30(28)31/h1-17,29H,18-25H2. The first-order chi connectivity index (χ1) is 18.2. The van der Waals surface area contributed by atoms with E-state index in [2.05, 4.69) is 24.3 Å². The Bertz CT molecular complexity index is 1280. The summed E-state index contributed by atoms with van der Waals surface area (Å²) < 4.78 is 0. The molecule has 0 spiro atoms. The highest BCUT2D eigenvalue weighted by Crippen LogP contribution is 2.25. The van der Waals surface area contributed by atoms with Gasteiger partial charge in [0.15, 0.2) is 0 Å². The molecule has 0 radical (unpaired) electrons. The number of likely N-dealkylation sites (tertiary alicyclic amines) is 1. The fourth-order valence-corrected chi connectivity index (χ4v) is 5.32. The lowest BCUT2D eigenvalue weighted by Gasteiger charge is -2.34. The molecule has 188 valence electrons. The topological polar surface area (TPSA) is 40.6 Å². The van der Waals surface area contributed by atoms with E-state index in [1.807, 2.05) is 88.7 Å². The minimum Gasteiger partial charge on any atom is -0.342 e. The normalized spacial score (nSPS) is 14.0. The summed E-state index contributed by atoms with van der Waals surface area (Å²) in [6.07, 6.45) is 3.12. The molecule has 1 aliphatic heterocycles. The molecule has 4 aromatic rings. The molecule has 1 heterocycles. The largest absolute Gasteiger partial charge is 0.342 e. The number of amides is 2. The minimum atomic E-state index is -0.0388. The molecule has 4 nitrogen and oxygen atoms in total. The van der Waals surface area contributed by atoms with Crippen LogP contribution in [0.15, 0.2) is 103 Å². The molecule has 0 aliphatic carbocycles. The number of carbonyl (C=O) groups is 2. The lowest BCUT2D eigenvalue weighted by molar-refractivity contribution is -0.136. The summed E-state index contributed by atoms with van der Waals surface area (Å²) in [6, 6.07) is 34.7. The molecule has 0 saturated carbocycles. The van der Waals surface area contributed by atoms with Crippen molar-refractivity contribution in [1.29, 1.82) is 0 Å². The van der Waals surface area contributed by atoms with E-state index in [1.165, 1.54) is 11.1 Å². The summed E-state index contributed by atoms with van der Waals surface area (Å²) in [5.41, 5.74) is 3.24. The third kappa shape index (κ3) is 6.08. The minimum absolute atomic E-state index is 0.0388. The molecule has 4 aromatic carbocycles. The quantitative estimate of drug-likeness (QED) is 0.304. The Balaban J connectivity index is 1.23. The van der Waals surface area contributed by atoms with Crippen LogP contribution in [0.1, 0.15) is 34.3 Å². The van der Waals surface area contributed by atoms with Crippen molar-refractivity contribution in [3.05, 3.63) is 120 Å². The zero-order chi connectivity index (χ0) is 25.5. The Morgan fingerprint density at radius 3 is 1.84 bits per heavy atom. The Morgan fingerprint density at radius 1 is 0.676 bits per heavy atom. The van der Waals surface area contributed by atoms with Crippen molar-refractivity contribution in [2.75, 3.05) is 26.2 Å². The highest BCUT2D eigenvalue weighted by molar-refractivity contribution is 6.07. The van der Waals surface area contributed by atoms with Gasteiger partial charge >= 0.3 is 0 Å². The number of hydrogen-bond acceptors (Lipinski definition) is 2. The monoisotopic (exact) mass is 490 g/mol. The smallest absolute Gasteiger partial charge is 0.254 e. The number of nitrogens with zero attached hydrogens (tertiary/aromatic N) is 2. The zero-order valence-corrected chi connectivity index (χ0v) is 21.3. The first kappa shape index (κ1) is 24.8. The van der Waals surface area contributed by atoms with Gasteiger partial charge in [-0.3, -0.25) is 9.59 Å². The molecule has 1 saturated heterocycles. The van der Waals surface area contributed by atoms with Crippen LogP contribution in [0.3, 0.4) is 0 Å². The third-order valence-corrected chi connectivity index (χ3v) is 7.49. The second-order valence-electron chi connectivity index (χ2n) is 9.89. The van der Waals surface area contributed by atoms with E-state index in [-0.39, 0.29) is 17.7 Å². The molecule has 0 aromatic heterocycles. The van der Waals surface area contributed by atoms with Crippen LogP contribution in [0, 0.1) is 5.92 Å². The number of rotatable bonds is 8. The molecule has 1 fully saturated rings. The predicted molar refractivity (Wildman–Crippen MR) is 149 cm³/mol. The van der Waals surface area contributed by atoms with E-state index in [9.17, 15) is 9.59 Å². The van der Waals surface area contributed by atoms with Crippen LogP contribution >= 0.6 is 0 Å². The second-order valence-corrected chi connectivity index (χ2v) is 9.89. The molecule has 2 amide bonds. The maximum atomic E-state index is 13.7. The summed E-state index contributed by atoms with van der Waals surface area (Å²) in [4.78, 5) is 31.0. The van der Waals surface area contributed by atoms with Crippen molar-refractivity contribution in [2.24, 2.45) is 5.92 Å². The molecular weight excluding hydrogens is 456 g/mol. The Hall–Kier alpha value is -3.92.